The molecule has 1 heterocycles. The molecule has 0 unspecified atom stereocenters. The molecular formula is C12H14N2O. The summed E-state index contributed by atoms with van der Waals surface area (Å²) < 4.78 is 5.33. The minimum absolute atomic E-state index is 0.563. The summed E-state index contributed by atoms with van der Waals surface area (Å²) in [5.74, 6) is 1.16. The van der Waals surface area contributed by atoms with Crippen LogP contribution < -0.4 is 4.74 Å². The van der Waals surface area contributed by atoms with Crippen LogP contribution in [0.4, 0.5) is 0 Å². The average molecular weight is 202 g/mol. The number of rotatable bonds is 3. The van der Waals surface area contributed by atoms with E-state index in [0.717, 1.165) is 5.69 Å². The summed E-state index contributed by atoms with van der Waals surface area (Å²) in [5.41, 5.74) is 1.65. The van der Waals surface area contributed by atoms with Gasteiger partial charge in [-0.05, 0) is 25.8 Å². The van der Waals surface area contributed by atoms with Gasteiger partial charge in [0.05, 0.1) is 18.4 Å². The Morgan fingerprint density at radius 3 is 2.93 bits per heavy atom. The molecule has 0 aromatic carbocycles. The van der Waals surface area contributed by atoms with Crippen molar-refractivity contribution >= 4 is 0 Å². The van der Waals surface area contributed by atoms with E-state index in [1.54, 1.807) is 6.20 Å². The second kappa shape index (κ2) is 4.31. The second-order valence-electron chi connectivity index (χ2n) is 3.78. The maximum absolute atomic E-state index is 8.98. The van der Waals surface area contributed by atoms with Gasteiger partial charge in [0.25, 0.3) is 0 Å². The van der Waals surface area contributed by atoms with E-state index in [9.17, 15) is 0 Å². The van der Waals surface area contributed by atoms with Gasteiger partial charge in [0.2, 0.25) is 0 Å². The Morgan fingerprint density at radius 2 is 2.40 bits per heavy atom. The zero-order valence-electron chi connectivity index (χ0n) is 8.86. The summed E-state index contributed by atoms with van der Waals surface area (Å²) >= 11 is 0. The summed E-state index contributed by atoms with van der Waals surface area (Å²) in [4.78, 5) is 4.35. The third-order valence-electron chi connectivity index (χ3n) is 2.83. The van der Waals surface area contributed by atoms with Crippen molar-refractivity contribution in [1.82, 2.24) is 4.98 Å². The van der Waals surface area contributed by atoms with Crippen LogP contribution in [0, 0.1) is 11.3 Å². The van der Waals surface area contributed by atoms with Gasteiger partial charge in [-0.25, -0.2) is 0 Å². The SMILES string of the molecule is CCOc1cnc(C2CCC2)cc1C#N. The topological polar surface area (TPSA) is 45.9 Å². The molecule has 1 aliphatic rings. The highest BCUT2D eigenvalue weighted by Gasteiger charge is 2.21. The summed E-state index contributed by atoms with van der Waals surface area (Å²) in [5, 5.41) is 8.98. The molecule has 15 heavy (non-hydrogen) atoms. The predicted molar refractivity (Wildman–Crippen MR) is 56.7 cm³/mol. The van der Waals surface area contributed by atoms with Gasteiger partial charge in [-0.3, -0.25) is 4.98 Å². The van der Waals surface area contributed by atoms with E-state index in [1.807, 2.05) is 13.0 Å². The van der Waals surface area contributed by atoms with E-state index >= 15 is 0 Å². The monoisotopic (exact) mass is 202 g/mol. The zero-order valence-corrected chi connectivity index (χ0v) is 8.86. The van der Waals surface area contributed by atoms with Crippen LogP contribution in [0.1, 0.15) is 43.4 Å². The molecule has 0 radical (unpaired) electrons. The Bertz CT molecular complexity index is 391. The van der Waals surface area contributed by atoms with Gasteiger partial charge in [0.15, 0.2) is 5.75 Å². The number of ether oxygens (including phenoxy) is 1. The molecule has 1 fully saturated rings. The van der Waals surface area contributed by atoms with Gasteiger partial charge >= 0.3 is 0 Å². The maximum Gasteiger partial charge on any atom is 0.155 e. The minimum Gasteiger partial charge on any atom is -0.491 e. The molecule has 3 nitrogen and oxygen atoms in total. The van der Waals surface area contributed by atoms with Gasteiger partial charge in [-0.2, -0.15) is 5.26 Å². The minimum atomic E-state index is 0.563. The molecule has 1 saturated carbocycles. The fourth-order valence-corrected chi connectivity index (χ4v) is 1.74. The van der Waals surface area contributed by atoms with Crippen molar-refractivity contribution in [3.8, 4) is 11.8 Å². The molecule has 1 aromatic rings. The Morgan fingerprint density at radius 1 is 1.60 bits per heavy atom. The van der Waals surface area contributed by atoms with Crippen molar-refractivity contribution in [3.63, 3.8) is 0 Å². The van der Waals surface area contributed by atoms with E-state index in [-0.39, 0.29) is 0 Å². The van der Waals surface area contributed by atoms with Crippen LogP contribution in [0.2, 0.25) is 0 Å². The van der Waals surface area contributed by atoms with Crippen molar-refractivity contribution in [2.45, 2.75) is 32.1 Å². The molecule has 0 spiro atoms. The van der Waals surface area contributed by atoms with Gasteiger partial charge < -0.3 is 4.74 Å². The van der Waals surface area contributed by atoms with Crippen LogP contribution in [0.3, 0.4) is 0 Å². The molecular weight excluding hydrogens is 188 g/mol. The number of nitrogens with zero attached hydrogens (tertiary/aromatic N) is 2. The molecule has 2 rings (SSSR count). The third kappa shape index (κ3) is 1.94. The maximum atomic E-state index is 8.98. The second-order valence-corrected chi connectivity index (χ2v) is 3.78. The van der Waals surface area contributed by atoms with E-state index < -0.39 is 0 Å². The molecule has 0 N–H and O–H groups in total. The van der Waals surface area contributed by atoms with Crippen LogP contribution in [-0.4, -0.2) is 11.6 Å². The standard InChI is InChI=1S/C12H14N2O/c1-2-15-12-8-14-11(6-10(12)7-13)9-4-3-5-9/h6,8-9H,2-5H2,1H3. The molecule has 0 aliphatic heterocycles. The van der Waals surface area contributed by atoms with E-state index in [0.29, 0.717) is 23.8 Å². The van der Waals surface area contributed by atoms with E-state index in [2.05, 4.69) is 11.1 Å². The third-order valence-corrected chi connectivity index (χ3v) is 2.83. The quantitative estimate of drug-likeness (QED) is 0.756. The largest absolute Gasteiger partial charge is 0.491 e. The lowest BCUT2D eigenvalue weighted by Gasteiger charge is -2.24. The Labute approximate surface area is 89.7 Å². The van der Waals surface area contributed by atoms with E-state index in [4.69, 9.17) is 10.00 Å². The smallest absolute Gasteiger partial charge is 0.155 e. The van der Waals surface area contributed by atoms with Crippen LogP contribution in [0.15, 0.2) is 12.3 Å². The first kappa shape index (κ1) is 9.97. The molecule has 0 amide bonds. The van der Waals surface area contributed by atoms with Crippen molar-refractivity contribution in [2.75, 3.05) is 6.61 Å². The lowest BCUT2D eigenvalue weighted by Crippen LogP contribution is -2.11. The zero-order chi connectivity index (χ0) is 10.7. The fourth-order valence-electron chi connectivity index (χ4n) is 1.74. The van der Waals surface area contributed by atoms with Crippen molar-refractivity contribution in [2.24, 2.45) is 0 Å². The normalized spacial score (nSPS) is 15.5. The summed E-state index contributed by atoms with van der Waals surface area (Å²) in [6.45, 7) is 2.47. The number of hydrogen-bond donors (Lipinski definition) is 0. The van der Waals surface area contributed by atoms with Gasteiger partial charge in [0.1, 0.15) is 6.07 Å². The van der Waals surface area contributed by atoms with Gasteiger partial charge in [-0.15, -0.1) is 0 Å². The first-order valence-electron chi connectivity index (χ1n) is 5.38. The molecule has 0 atom stereocenters. The molecule has 1 aliphatic carbocycles. The van der Waals surface area contributed by atoms with Crippen LogP contribution in [0.25, 0.3) is 0 Å². The first-order valence-corrected chi connectivity index (χ1v) is 5.38. The Hall–Kier alpha value is -1.56. The summed E-state index contributed by atoms with van der Waals surface area (Å²) in [7, 11) is 0. The number of aromatic nitrogens is 1. The highest BCUT2D eigenvalue weighted by Crippen LogP contribution is 2.36. The van der Waals surface area contributed by atoms with Crippen molar-refractivity contribution in [3.05, 3.63) is 23.5 Å². The van der Waals surface area contributed by atoms with Crippen molar-refractivity contribution < 1.29 is 4.74 Å². The molecule has 78 valence electrons. The van der Waals surface area contributed by atoms with E-state index in [1.165, 1.54) is 19.3 Å². The predicted octanol–water partition coefficient (Wildman–Crippen LogP) is 2.62. The highest BCUT2D eigenvalue weighted by molar-refractivity contribution is 5.43. The lowest BCUT2D eigenvalue weighted by molar-refractivity contribution is 0.336. The van der Waals surface area contributed by atoms with Crippen LogP contribution in [0.5, 0.6) is 5.75 Å². The number of pyridine rings is 1. The van der Waals surface area contributed by atoms with Crippen molar-refractivity contribution in [1.29, 1.82) is 5.26 Å². The molecule has 3 heteroatoms. The molecule has 1 aromatic heterocycles. The van der Waals surface area contributed by atoms with Gasteiger partial charge in [-0.1, -0.05) is 6.42 Å². The molecule has 0 saturated heterocycles. The molecule has 0 bridgehead atoms. The fraction of sp³-hybridized carbons (Fsp3) is 0.500. The van der Waals surface area contributed by atoms with Gasteiger partial charge in [0, 0.05) is 11.6 Å². The number of hydrogen-bond acceptors (Lipinski definition) is 3. The Balaban J connectivity index is 2.26. The van der Waals surface area contributed by atoms with Crippen LogP contribution in [-0.2, 0) is 0 Å². The highest BCUT2D eigenvalue weighted by atomic mass is 16.5. The number of nitriles is 1. The Kier molecular flexibility index (Phi) is 2.86. The summed E-state index contributed by atoms with van der Waals surface area (Å²) in [6, 6.07) is 4.03. The van der Waals surface area contributed by atoms with Crippen LogP contribution >= 0.6 is 0 Å². The first-order chi connectivity index (χ1) is 7.35. The summed E-state index contributed by atoms with van der Waals surface area (Å²) in [6.07, 6.45) is 5.36. The lowest BCUT2D eigenvalue weighted by atomic mass is 9.82. The average Bonchev–Trinajstić information content (AvgIpc) is 2.18.